The average Bonchev–Trinajstić information content (AvgIpc) is 2.86. The van der Waals surface area contributed by atoms with Crippen molar-refractivity contribution in [1.82, 2.24) is 4.98 Å². The Morgan fingerprint density at radius 2 is 2.29 bits per heavy atom. The second-order valence-electron chi connectivity index (χ2n) is 3.92. The number of nitrogens with one attached hydrogen (secondary N) is 1. The number of rotatable bonds is 3. The van der Waals surface area contributed by atoms with Crippen molar-refractivity contribution in [2.45, 2.75) is 6.42 Å². The summed E-state index contributed by atoms with van der Waals surface area (Å²) in [6.07, 6.45) is 1.84. The molecule has 0 bridgehead atoms. The Bertz CT molecular complexity index is 718. The Balaban J connectivity index is 2.08. The van der Waals surface area contributed by atoms with E-state index in [2.05, 4.69) is 22.1 Å². The van der Waals surface area contributed by atoms with Crippen molar-refractivity contribution in [3.05, 3.63) is 40.7 Å². The van der Waals surface area contributed by atoms with E-state index in [1.807, 2.05) is 0 Å². The number of aliphatic hydroxyl groups is 1. The number of phenolic OH excluding ortho intramolecular Hbond substituents is 1. The maximum atomic E-state index is 13.5. The molecule has 0 saturated heterocycles. The van der Waals surface area contributed by atoms with E-state index in [-0.39, 0.29) is 17.9 Å². The smallest absolute Gasteiger partial charge is 0.260 e. The fourth-order valence-electron chi connectivity index (χ4n) is 1.45. The van der Waals surface area contributed by atoms with Crippen molar-refractivity contribution in [3.63, 3.8) is 0 Å². The number of aliphatic hydroxyl groups excluding tert-OH is 1. The molecule has 2 aromatic rings. The first-order valence-corrected chi connectivity index (χ1v) is 6.77. The van der Waals surface area contributed by atoms with Crippen molar-refractivity contribution < 1.29 is 19.4 Å². The molecule has 0 saturated carbocycles. The Hall–Kier alpha value is -2.43. The number of aromatic nitrogens is 1. The summed E-state index contributed by atoms with van der Waals surface area (Å²) >= 11 is 1.15. The van der Waals surface area contributed by atoms with E-state index in [0.29, 0.717) is 16.4 Å². The summed E-state index contributed by atoms with van der Waals surface area (Å²) in [5, 5.41) is 20.5. The lowest BCUT2D eigenvalue weighted by atomic mass is 10.2. The quantitative estimate of drug-likeness (QED) is 0.757. The lowest BCUT2D eigenvalue weighted by Crippen LogP contribution is -2.13. The van der Waals surface area contributed by atoms with Crippen molar-refractivity contribution in [2.24, 2.45) is 0 Å². The normalized spacial score (nSPS) is 9.81. The molecular weight excluding hydrogens is 295 g/mol. The minimum atomic E-state index is -0.813. The molecule has 1 aromatic heterocycles. The molecule has 0 aliphatic carbocycles. The van der Waals surface area contributed by atoms with Gasteiger partial charge in [-0.2, -0.15) is 0 Å². The van der Waals surface area contributed by atoms with Gasteiger partial charge < -0.3 is 10.2 Å². The lowest BCUT2D eigenvalue weighted by molar-refractivity contribution is 0.102. The maximum absolute atomic E-state index is 13.5. The van der Waals surface area contributed by atoms with Crippen LogP contribution in [0, 0.1) is 17.7 Å². The lowest BCUT2D eigenvalue weighted by Gasteiger charge is -2.03. The van der Waals surface area contributed by atoms with Crippen LogP contribution >= 0.6 is 11.3 Å². The van der Waals surface area contributed by atoms with Crippen LogP contribution in [-0.2, 0) is 0 Å². The third kappa shape index (κ3) is 4.02. The minimum Gasteiger partial charge on any atom is -0.508 e. The van der Waals surface area contributed by atoms with Crippen LogP contribution in [-0.4, -0.2) is 27.7 Å². The second-order valence-corrected chi connectivity index (χ2v) is 4.95. The largest absolute Gasteiger partial charge is 0.508 e. The number of benzene rings is 1. The first kappa shape index (κ1) is 15.0. The molecule has 21 heavy (non-hydrogen) atoms. The van der Waals surface area contributed by atoms with E-state index in [1.165, 1.54) is 18.3 Å². The Labute approximate surface area is 124 Å². The number of carbonyl (C=O) groups excluding carboxylic acids is 1. The van der Waals surface area contributed by atoms with Gasteiger partial charge in [0.2, 0.25) is 0 Å². The van der Waals surface area contributed by atoms with Crippen molar-refractivity contribution in [1.29, 1.82) is 0 Å². The zero-order valence-corrected chi connectivity index (χ0v) is 11.6. The first-order chi connectivity index (χ1) is 10.1. The fourth-order valence-corrected chi connectivity index (χ4v) is 2.13. The number of phenols is 1. The van der Waals surface area contributed by atoms with E-state index >= 15 is 0 Å². The number of hydrogen-bond donors (Lipinski definition) is 3. The van der Waals surface area contributed by atoms with Gasteiger partial charge in [0.1, 0.15) is 11.6 Å². The zero-order valence-electron chi connectivity index (χ0n) is 10.8. The van der Waals surface area contributed by atoms with Gasteiger partial charge in [-0.1, -0.05) is 23.2 Å². The average molecular weight is 306 g/mol. The number of nitrogens with zero attached hydrogens (tertiary/aromatic N) is 1. The van der Waals surface area contributed by atoms with Gasteiger partial charge in [0.05, 0.1) is 23.2 Å². The summed E-state index contributed by atoms with van der Waals surface area (Å²) in [7, 11) is 0. The van der Waals surface area contributed by atoms with E-state index in [1.54, 1.807) is 0 Å². The Morgan fingerprint density at radius 1 is 1.48 bits per heavy atom. The summed E-state index contributed by atoms with van der Waals surface area (Å²) in [6.45, 7) is -0.0183. The highest BCUT2D eigenvalue weighted by molar-refractivity contribution is 7.16. The molecule has 1 amide bonds. The molecule has 0 radical (unpaired) electrons. The van der Waals surface area contributed by atoms with Crippen LogP contribution in [0.3, 0.4) is 0 Å². The van der Waals surface area contributed by atoms with Crippen LogP contribution in [0.2, 0.25) is 0 Å². The van der Waals surface area contributed by atoms with E-state index in [4.69, 9.17) is 10.2 Å². The highest BCUT2D eigenvalue weighted by Gasteiger charge is 2.13. The third-order valence-corrected chi connectivity index (χ3v) is 3.20. The molecule has 7 heteroatoms. The van der Waals surface area contributed by atoms with Gasteiger partial charge in [-0.05, 0) is 12.1 Å². The molecule has 0 atom stereocenters. The van der Waals surface area contributed by atoms with Crippen LogP contribution < -0.4 is 5.32 Å². The summed E-state index contributed by atoms with van der Waals surface area (Å²) in [6, 6.07) is 3.28. The number of thiazole rings is 1. The van der Waals surface area contributed by atoms with Gasteiger partial charge in [-0.3, -0.25) is 10.1 Å². The predicted octanol–water partition coefficient (Wildman–Crippen LogP) is 1.97. The topological polar surface area (TPSA) is 82.5 Å². The van der Waals surface area contributed by atoms with Gasteiger partial charge in [-0.25, -0.2) is 9.37 Å². The molecule has 1 aromatic carbocycles. The van der Waals surface area contributed by atoms with Crippen LogP contribution in [0.15, 0.2) is 24.4 Å². The van der Waals surface area contributed by atoms with Crippen LogP contribution in [0.5, 0.6) is 5.75 Å². The summed E-state index contributed by atoms with van der Waals surface area (Å²) < 4.78 is 13.5. The van der Waals surface area contributed by atoms with Gasteiger partial charge in [0, 0.05) is 12.5 Å². The van der Waals surface area contributed by atoms with E-state index in [0.717, 1.165) is 17.4 Å². The molecule has 0 unspecified atom stereocenters. The second kappa shape index (κ2) is 6.83. The predicted molar refractivity (Wildman–Crippen MR) is 76.7 cm³/mol. The van der Waals surface area contributed by atoms with Crippen LogP contribution in [0.1, 0.15) is 21.7 Å². The molecule has 5 nitrogen and oxygen atoms in total. The molecule has 1 heterocycles. The molecule has 0 fully saturated rings. The first-order valence-electron chi connectivity index (χ1n) is 5.95. The van der Waals surface area contributed by atoms with Crippen molar-refractivity contribution >= 4 is 22.4 Å². The van der Waals surface area contributed by atoms with Gasteiger partial charge in [0.15, 0.2) is 5.13 Å². The number of carbonyl (C=O) groups is 1. The number of amides is 1. The molecule has 0 spiro atoms. The minimum absolute atomic E-state index is 0.0183. The molecule has 0 aliphatic rings. The Kier molecular flexibility index (Phi) is 4.87. The zero-order chi connectivity index (χ0) is 15.2. The number of aromatic hydroxyl groups is 1. The highest BCUT2D eigenvalue weighted by Crippen LogP contribution is 2.20. The molecule has 2 rings (SSSR count). The summed E-state index contributed by atoms with van der Waals surface area (Å²) in [5.74, 6) is 3.80. The van der Waals surface area contributed by atoms with E-state index < -0.39 is 11.7 Å². The SMILES string of the molecule is O=C(Nc1ncc(C#CCCO)s1)c1ccc(O)cc1F. The fraction of sp³-hybridized carbons (Fsp3) is 0.143. The van der Waals surface area contributed by atoms with Gasteiger partial charge in [0.25, 0.3) is 5.91 Å². The van der Waals surface area contributed by atoms with Gasteiger partial charge >= 0.3 is 0 Å². The molecule has 3 N–H and O–H groups in total. The van der Waals surface area contributed by atoms with Crippen LogP contribution in [0.25, 0.3) is 0 Å². The Morgan fingerprint density at radius 3 is 3.00 bits per heavy atom. The highest BCUT2D eigenvalue weighted by atomic mass is 32.1. The molecular formula is C14H11FN2O3S. The maximum Gasteiger partial charge on any atom is 0.260 e. The van der Waals surface area contributed by atoms with Crippen molar-refractivity contribution in [2.75, 3.05) is 11.9 Å². The number of hydrogen-bond acceptors (Lipinski definition) is 5. The number of halogens is 1. The standard InChI is InChI=1S/C14H11FN2O3S/c15-12-7-9(19)4-5-11(12)13(20)17-14-16-8-10(21-14)3-1-2-6-18/h4-5,7-8,18-19H,2,6H2,(H,16,17,20). The van der Waals surface area contributed by atoms with Crippen LogP contribution in [0.4, 0.5) is 9.52 Å². The summed E-state index contributed by atoms with van der Waals surface area (Å²) in [4.78, 5) is 16.5. The third-order valence-electron chi connectivity index (χ3n) is 2.37. The molecule has 0 aliphatic heterocycles. The van der Waals surface area contributed by atoms with Crippen molar-refractivity contribution in [3.8, 4) is 17.6 Å². The van der Waals surface area contributed by atoms with Gasteiger partial charge in [-0.15, -0.1) is 0 Å². The summed E-state index contributed by atoms with van der Waals surface area (Å²) in [5.41, 5.74) is -0.184. The van der Waals surface area contributed by atoms with E-state index in [9.17, 15) is 9.18 Å². The molecule has 108 valence electrons. The number of anilines is 1. The monoisotopic (exact) mass is 306 g/mol.